The Balaban J connectivity index is 2.59. The number of hydrogen-bond acceptors (Lipinski definition) is 4. The van der Waals surface area contributed by atoms with Crippen LogP contribution in [0.3, 0.4) is 0 Å². The minimum absolute atomic E-state index is 0.822. The van der Waals surface area contributed by atoms with Crippen molar-refractivity contribution < 1.29 is 0 Å². The predicted molar refractivity (Wildman–Crippen MR) is 67.9 cm³/mol. The first-order valence-electron chi connectivity index (χ1n) is 5.70. The smallest absolute Gasteiger partial charge is 0.133 e. The molecule has 17 heavy (non-hydrogen) atoms. The zero-order chi connectivity index (χ0) is 12.4. The van der Waals surface area contributed by atoms with Crippen LogP contribution in [0.25, 0.3) is 11.3 Å². The van der Waals surface area contributed by atoms with E-state index in [1.807, 2.05) is 33.4 Å². The normalized spacial score (nSPS) is 10.6. The lowest BCUT2D eigenvalue weighted by molar-refractivity contribution is 0.768. The molecule has 0 spiro atoms. The van der Waals surface area contributed by atoms with Gasteiger partial charge in [0.15, 0.2) is 0 Å². The molecular weight excluding hydrogens is 214 g/mol. The third-order valence-electron chi connectivity index (χ3n) is 2.72. The van der Waals surface area contributed by atoms with E-state index in [1.54, 1.807) is 4.68 Å². The van der Waals surface area contributed by atoms with Gasteiger partial charge in [-0.1, -0.05) is 6.92 Å². The van der Waals surface area contributed by atoms with E-state index in [1.165, 1.54) is 0 Å². The van der Waals surface area contributed by atoms with Gasteiger partial charge in [0.2, 0.25) is 0 Å². The Kier molecular flexibility index (Phi) is 3.08. The van der Waals surface area contributed by atoms with Gasteiger partial charge in [-0.05, 0) is 6.92 Å². The van der Waals surface area contributed by atoms with E-state index in [0.29, 0.717) is 0 Å². The SMILES string of the molecule is CCc1nc(NC)c(C)c(-c2cnn(C)c2)n1. The van der Waals surface area contributed by atoms with Gasteiger partial charge in [-0.25, -0.2) is 9.97 Å². The van der Waals surface area contributed by atoms with Gasteiger partial charge >= 0.3 is 0 Å². The van der Waals surface area contributed by atoms with E-state index in [0.717, 1.165) is 34.9 Å². The molecule has 0 aromatic carbocycles. The molecule has 2 aromatic rings. The summed E-state index contributed by atoms with van der Waals surface area (Å²) in [6, 6.07) is 0. The first kappa shape index (κ1) is 11.6. The van der Waals surface area contributed by atoms with Crippen LogP contribution in [0.2, 0.25) is 0 Å². The predicted octanol–water partition coefficient (Wildman–Crippen LogP) is 1.79. The average Bonchev–Trinajstić information content (AvgIpc) is 2.76. The summed E-state index contributed by atoms with van der Waals surface area (Å²) in [6.07, 6.45) is 4.62. The Labute approximate surface area is 101 Å². The van der Waals surface area contributed by atoms with Crippen LogP contribution in [0.5, 0.6) is 0 Å². The van der Waals surface area contributed by atoms with Gasteiger partial charge < -0.3 is 5.32 Å². The number of aromatic nitrogens is 4. The van der Waals surface area contributed by atoms with Crippen molar-refractivity contribution in [3.05, 3.63) is 23.8 Å². The molecule has 0 amide bonds. The van der Waals surface area contributed by atoms with E-state index < -0.39 is 0 Å². The highest BCUT2D eigenvalue weighted by Gasteiger charge is 2.12. The molecular formula is C12H17N5. The largest absolute Gasteiger partial charge is 0.373 e. The quantitative estimate of drug-likeness (QED) is 0.875. The van der Waals surface area contributed by atoms with Crippen molar-refractivity contribution in [2.24, 2.45) is 7.05 Å². The Bertz CT molecular complexity index is 530. The maximum Gasteiger partial charge on any atom is 0.133 e. The molecule has 0 fully saturated rings. The van der Waals surface area contributed by atoms with Gasteiger partial charge in [-0.3, -0.25) is 4.68 Å². The van der Waals surface area contributed by atoms with E-state index >= 15 is 0 Å². The lowest BCUT2D eigenvalue weighted by atomic mass is 10.1. The average molecular weight is 231 g/mol. The maximum absolute atomic E-state index is 4.58. The first-order chi connectivity index (χ1) is 8.15. The molecule has 0 saturated carbocycles. The Morgan fingerprint density at radius 2 is 2.12 bits per heavy atom. The summed E-state index contributed by atoms with van der Waals surface area (Å²) in [7, 11) is 3.78. The van der Waals surface area contributed by atoms with Crippen LogP contribution in [0.1, 0.15) is 18.3 Å². The molecule has 0 saturated heterocycles. The van der Waals surface area contributed by atoms with Crippen molar-refractivity contribution in [2.45, 2.75) is 20.3 Å². The van der Waals surface area contributed by atoms with Crippen molar-refractivity contribution in [3.8, 4) is 11.3 Å². The first-order valence-corrected chi connectivity index (χ1v) is 5.70. The monoisotopic (exact) mass is 231 g/mol. The number of hydrogen-bond donors (Lipinski definition) is 1. The van der Waals surface area contributed by atoms with Crippen LogP contribution in [0, 0.1) is 6.92 Å². The van der Waals surface area contributed by atoms with Gasteiger partial charge in [-0.2, -0.15) is 5.10 Å². The molecule has 0 aliphatic heterocycles. The number of aryl methyl sites for hydroxylation is 2. The number of rotatable bonds is 3. The van der Waals surface area contributed by atoms with E-state index in [9.17, 15) is 0 Å². The van der Waals surface area contributed by atoms with Gasteiger partial charge in [0.05, 0.1) is 11.9 Å². The van der Waals surface area contributed by atoms with Crippen molar-refractivity contribution >= 4 is 5.82 Å². The zero-order valence-corrected chi connectivity index (χ0v) is 10.7. The summed E-state index contributed by atoms with van der Waals surface area (Å²) in [4.78, 5) is 9.03. The molecule has 0 bridgehead atoms. The summed E-state index contributed by atoms with van der Waals surface area (Å²) in [5.41, 5.74) is 3.03. The summed E-state index contributed by atoms with van der Waals surface area (Å²) in [5, 5.41) is 7.29. The standard InChI is InChI=1S/C12H17N5/c1-5-10-15-11(8(2)12(13-3)16-10)9-6-14-17(4)7-9/h6-7H,5H2,1-4H3,(H,13,15,16). The lowest BCUT2D eigenvalue weighted by Crippen LogP contribution is -2.04. The summed E-state index contributed by atoms with van der Waals surface area (Å²) in [6.45, 7) is 4.07. The molecule has 0 aliphatic carbocycles. The Hall–Kier alpha value is -1.91. The molecule has 2 rings (SSSR count). The van der Waals surface area contributed by atoms with Gasteiger partial charge in [0.1, 0.15) is 11.6 Å². The van der Waals surface area contributed by atoms with E-state index in [4.69, 9.17) is 0 Å². The Morgan fingerprint density at radius 3 is 2.65 bits per heavy atom. The molecule has 90 valence electrons. The third kappa shape index (κ3) is 2.13. The fourth-order valence-corrected chi connectivity index (χ4v) is 1.79. The highest BCUT2D eigenvalue weighted by molar-refractivity contribution is 5.66. The van der Waals surface area contributed by atoms with Crippen molar-refractivity contribution in [3.63, 3.8) is 0 Å². The number of nitrogens with zero attached hydrogens (tertiary/aromatic N) is 4. The van der Waals surface area contributed by atoms with E-state index in [-0.39, 0.29) is 0 Å². The second kappa shape index (κ2) is 4.53. The van der Waals surface area contributed by atoms with E-state index in [2.05, 4.69) is 27.3 Å². The minimum Gasteiger partial charge on any atom is -0.373 e. The van der Waals surface area contributed by atoms with Gasteiger partial charge in [-0.15, -0.1) is 0 Å². The Morgan fingerprint density at radius 1 is 1.35 bits per heavy atom. The molecule has 2 heterocycles. The molecule has 0 unspecified atom stereocenters. The molecule has 5 nitrogen and oxygen atoms in total. The molecule has 5 heteroatoms. The molecule has 2 aromatic heterocycles. The van der Waals surface area contributed by atoms with Gasteiger partial charge in [0.25, 0.3) is 0 Å². The van der Waals surface area contributed by atoms with Crippen LogP contribution >= 0.6 is 0 Å². The minimum atomic E-state index is 0.822. The molecule has 0 radical (unpaired) electrons. The van der Waals surface area contributed by atoms with Crippen molar-refractivity contribution in [2.75, 3.05) is 12.4 Å². The van der Waals surface area contributed by atoms with Crippen LogP contribution in [0.15, 0.2) is 12.4 Å². The molecule has 1 N–H and O–H groups in total. The molecule has 0 aliphatic rings. The maximum atomic E-state index is 4.58. The van der Waals surface area contributed by atoms with Crippen molar-refractivity contribution in [1.29, 1.82) is 0 Å². The fourth-order valence-electron chi connectivity index (χ4n) is 1.79. The fraction of sp³-hybridized carbons (Fsp3) is 0.417. The van der Waals surface area contributed by atoms with Gasteiger partial charge in [0, 0.05) is 37.8 Å². The highest BCUT2D eigenvalue weighted by Crippen LogP contribution is 2.25. The van der Waals surface area contributed by atoms with Crippen LogP contribution < -0.4 is 5.32 Å². The topological polar surface area (TPSA) is 55.6 Å². The molecule has 0 atom stereocenters. The third-order valence-corrected chi connectivity index (χ3v) is 2.72. The number of anilines is 1. The summed E-state index contributed by atoms with van der Waals surface area (Å²) < 4.78 is 1.78. The number of nitrogens with one attached hydrogen (secondary N) is 1. The second-order valence-electron chi connectivity index (χ2n) is 3.97. The lowest BCUT2D eigenvalue weighted by Gasteiger charge is -2.10. The second-order valence-corrected chi connectivity index (χ2v) is 3.97. The summed E-state index contributed by atoms with van der Waals surface area (Å²) >= 11 is 0. The summed E-state index contributed by atoms with van der Waals surface area (Å²) in [5.74, 6) is 1.73. The van der Waals surface area contributed by atoms with Crippen LogP contribution in [0.4, 0.5) is 5.82 Å². The zero-order valence-electron chi connectivity index (χ0n) is 10.7. The van der Waals surface area contributed by atoms with Crippen LogP contribution in [-0.4, -0.2) is 26.8 Å². The highest BCUT2D eigenvalue weighted by atomic mass is 15.2. The van der Waals surface area contributed by atoms with Crippen LogP contribution in [-0.2, 0) is 13.5 Å². The van der Waals surface area contributed by atoms with Crippen molar-refractivity contribution in [1.82, 2.24) is 19.7 Å².